The molecular weight excluding hydrogens is 275 g/mol. The average molecular weight is 294 g/mol. The van der Waals surface area contributed by atoms with Crippen molar-refractivity contribution in [2.75, 3.05) is 6.54 Å². The van der Waals surface area contributed by atoms with Crippen molar-refractivity contribution in [2.24, 2.45) is 5.73 Å². The van der Waals surface area contributed by atoms with E-state index in [0.29, 0.717) is 0 Å². The van der Waals surface area contributed by atoms with Gasteiger partial charge < -0.3 is 10.7 Å². The van der Waals surface area contributed by atoms with Gasteiger partial charge in [0.05, 0.1) is 0 Å². The molecular formula is C10H19IN2. The van der Waals surface area contributed by atoms with Gasteiger partial charge in [0.25, 0.3) is 0 Å². The number of aromatic nitrogens is 1. The molecule has 3 heteroatoms. The minimum absolute atomic E-state index is 0. The average Bonchev–Trinajstić information content (AvgIpc) is 2.50. The molecule has 0 spiro atoms. The number of aromatic amines is 1. The normalized spacial score (nSPS) is 9.69. The summed E-state index contributed by atoms with van der Waals surface area (Å²) >= 11 is 0. The molecule has 0 saturated heterocycles. The van der Waals surface area contributed by atoms with Crippen molar-refractivity contribution in [3.8, 4) is 0 Å². The van der Waals surface area contributed by atoms with Crippen molar-refractivity contribution < 1.29 is 0 Å². The Kier molecular flexibility index (Phi) is 7.36. The lowest BCUT2D eigenvalue weighted by atomic mass is 10.1. The zero-order chi connectivity index (χ0) is 8.81. The lowest BCUT2D eigenvalue weighted by Gasteiger charge is -1.93. The molecule has 0 saturated carbocycles. The van der Waals surface area contributed by atoms with Crippen LogP contribution in [0, 0.1) is 0 Å². The molecule has 0 aliphatic carbocycles. The van der Waals surface area contributed by atoms with E-state index < -0.39 is 0 Å². The van der Waals surface area contributed by atoms with Gasteiger partial charge >= 0.3 is 0 Å². The highest BCUT2D eigenvalue weighted by Crippen LogP contribution is 2.07. The van der Waals surface area contributed by atoms with Crippen molar-refractivity contribution in [1.82, 2.24) is 4.98 Å². The van der Waals surface area contributed by atoms with E-state index in [0.717, 1.165) is 19.4 Å². The van der Waals surface area contributed by atoms with Crippen molar-refractivity contribution in [1.29, 1.82) is 0 Å². The number of H-pyrrole nitrogens is 1. The third kappa shape index (κ3) is 4.67. The van der Waals surface area contributed by atoms with Gasteiger partial charge in [-0.15, -0.1) is 24.0 Å². The fraction of sp³-hybridized carbons (Fsp3) is 0.600. The Morgan fingerprint density at radius 2 is 2.15 bits per heavy atom. The topological polar surface area (TPSA) is 41.8 Å². The largest absolute Gasteiger partial charge is 0.365 e. The van der Waals surface area contributed by atoms with Crippen LogP contribution in [0.3, 0.4) is 0 Å². The summed E-state index contributed by atoms with van der Waals surface area (Å²) in [7, 11) is 0. The summed E-state index contributed by atoms with van der Waals surface area (Å²) in [6, 6.07) is 2.25. The van der Waals surface area contributed by atoms with Crippen LogP contribution in [-0.2, 0) is 12.8 Å². The zero-order valence-corrected chi connectivity index (χ0v) is 10.5. The van der Waals surface area contributed by atoms with Crippen LogP contribution >= 0.6 is 24.0 Å². The zero-order valence-electron chi connectivity index (χ0n) is 8.18. The Hall–Kier alpha value is -0.0300. The molecule has 3 N–H and O–H groups in total. The van der Waals surface area contributed by atoms with Crippen molar-refractivity contribution in [3.63, 3.8) is 0 Å². The second kappa shape index (κ2) is 7.38. The first-order valence-corrected chi connectivity index (χ1v) is 4.73. The number of nitrogens with one attached hydrogen (secondary N) is 1. The fourth-order valence-corrected chi connectivity index (χ4v) is 1.36. The molecule has 0 unspecified atom stereocenters. The van der Waals surface area contributed by atoms with Gasteiger partial charge in [0.2, 0.25) is 0 Å². The van der Waals surface area contributed by atoms with Crippen LogP contribution in [0.2, 0.25) is 0 Å². The number of halogens is 1. The lowest BCUT2D eigenvalue weighted by molar-refractivity contribution is 0.815. The highest BCUT2D eigenvalue weighted by atomic mass is 127. The van der Waals surface area contributed by atoms with Gasteiger partial charge in [0.15, 0.2) is 0 Å². The van der Waals surface area contributed by atoms with Crippen LogP contribution < -0.4 is 5.73 Å². The van der Waals surface area contributed by atoms with Crippen molar-refractivity contribution in [3.05, 3.63) is 23.5 Å². The van der Waals surface area contributed by atoms with E-state index in [2.05, 4.69) is 24.2 Å². The molecule has 0 amide bonds. The maximum Gasteiger partial charge on any atom is 0.0150 e. The molecule has 0 radical (unpaired) electrons. The van der Waals surface area contributed by atoms with E-state index in [4.69, 9.17) is 5.73 Å². The Morgan fingerprint density at radius 3 is 2.77 bits per heavy atom. The first-order valence-electron chi connectivity index (χ1n) is 4.73. The predicted molar refractivity (Wildman–Crippen MR) is 67.6 cm³/mol. The van der Waals surface area contributed by atoms with E-state index in [1.165, 1.54) is 24.1 Å². The van der Waals surface area contributed by atoms with Gasteiger partial charge in [-0.1, -0.05) is 13.3 Å². The molecule has 1 rings (SSSR count). The summed E-state index contributed by atoms with van der Waals surface area (Å²) in [6.07, 6.45) is 6.66. The van der Waals surface area contributed by atoms with E-state index >= 15 is 0 Å². The quantitative estimate of drug-likeness (QED) is 0.805. The summed E-state index contributed by atoms with van der Waals surface area (Å²) in [5, 5.41) is 0. The summed E-state index contributed by atoms with van der Waals surface area (Å²) in [5.41, 5.74) is 8.17. The van der Waals surface area contributed by atoms with E-state index in [9.17, 15) is 0 Å². The van der Waals surface area contributed by atoms with Crippen LogP contribution in [0.1, 0.15) is 31.0 Å². The second-order valence-corrected chi connectivity index (χ2v) is 3.18. The van der Waals surface area contributed by atoms with Gasteiger partial charge in [-0.05, 0) is 37.4 Å². The number of hydrogen-bond acceptors (Lipinski definition) is 1. The SMILES string of the molecule is CCCc1c[nH]c(CCCN)c1.I. The standard InChI is InChI=1S/C10H18N2.HI/c1-2-4-9-7-10(12-8-9)5-3-6-11;/h7-8,12H,2-6,11H2,1H3;1H. The smallest absolute Gasteiger partial charge is 0.0150 e. The molecule has 0 fully saturated rings. The van der Waals surface area contributed by atoms with Gasteiger partial charge in [0.1, 0.15) is 0 Å². The maximum absolute atomic E-state index is 5.43. The number of aryl methyl sites for hydroxylation is 2. The number of nitrogens with two attached hydrogens (primary N) is 1. The first-order chi connectivity index (χ1) is 5.86. The van der Waals surface area contributed by atoms with Gasteiger partial charge in [0, 0.05) is 11.9 Å². The predicted octanol–water partition coefficient (Wildman–Crippen LogP) is 2.48. The molecule has 0 aliphatic heterocycles. The van der Waals surface area contributed by atoms with Crippen LogP contribution in [-0.4, -0.2) is 11.5 Å². The van der Waals surface area contributed by atoms with Gasteiger partial charge in [-0.2, -0.15) is 0 Å². The van der Waals surface area contributed by atoms with Gasteiger partial charge in [-0.25, -0.2) is 0 Å². The van der Waals surface area contributed by atoms with Crippen LogP contribution in [0.25, 0.3) is 0 Å². The van der Waals surface area contributed by atoms with Crippen LogP contribution in [0.15, 0.2) is 12.3 Å². The second-order valence-electron chi connectivity index (χ2n) is 3.18. The minimum Gasteiger partial charge on any atom is -0.365 e. The molecule has 0 bridgehead atoms. The Bertz CT molecular complexity index is 220. The molecule has 0 aliphatic rings. The Labute approximate surface area is 97.3 Å². The molecule has 1 aromatic heterocycles. The number of rotatable bonds is 5. The molecule has 1 aromatic rings. The summed E-state index contributed by atoms with van der Waals surface area (Å²) in [6.45, 7) is 2.98. The summed E-state index contributed by atoms with van der Waals surface area (Å²) in [4.78, 5) is 3.27. The monoisotopic (exact) mass is 294 g/mol. The van der Waals surface area contributed by atoms with Crippen molar-refractivity contribution in [2.45, 2.75) is 32.6 Å². The maximum atomic E-state index is 5.43. The molecule has 1 heterocycles. The van der Waals surface area contributed by atoms with E-state index in [1.807, 2.05) is 0 Å². The summed E-state index contributed by atoms with van der Waals surface area (Å²) in [5.74, 6) is 0. The highest BCUT2D eigenvalue weighted by Gasteiger charge is 1.96. The third-order valence-electron chi connectivity index (χ3n) is 1.99. The minimum atomic E-state index is 0. The van der Waals surface area contributed by atoms with E-state index in [1.54, 1.807) is 0 Å². The highest BCUT2D eigenvalue weighted by molar-refractivity contribution is 14.0. The summed E-state index contributed by atoms with van der Waals surface area (Å²) < 4.78 is 0. The fourth-order valence-electron chi connectivity index (χ4n) is 1.36. The van der Waals surface area contributed by atoms with E-state index in [-0.39, 0.29) is 24.0 Å². The molecule has 0 aromatic carbocycles. The Balaban J connectivity index is 0.00000144. The lowest BCUT2D eigenvalue weighted by Crippen LogP contribution is -2.00. The third-order valence-corrected chi connectivity index (χ3v) is 1.99. The molecule has 0 atom stereocenters. The molecule has 2 nitrogen and oxygen atoms in total. The van der Waals surface area contributed by atoms with Crippen LogP contribution in [0.5, 0.6) is 0 Å². The first kappa shape index (κ1) is 13.0. The molecule has 13 heavy (non-hydrogen) atoms. The van der Waals surface area contributed by atoms with Crippen LogP contribution in [0.4, 0.5) is 0 Å². The number of hydrogen-bond donors (Lipinski definition) is 2. The molecule has 76 valence electrons. The van der Waals surface area contributed by atoms with Crippen molar-refractivity contribution >= 4 is 24.0 Å². The Morgan fingerprint density at radius 1 is 1.38 bits per heavy atom. The van der Waals surface area contributed by atoms with Gasteiger partial charge in [-0.3, -0.25) is 0 Å².